The Balaban J connectivity index is 2.76. The molecule has 0 fully saturated rings. The molecule has 4 heteroatoms. The molecule has 1 aromatic carbocycles. The first kappa shape index (κ1) is 18.1. The molecule has 1 N–H and O–H groups in total. The van der Waals surface area contributed by atoms with Gasteiger partial charge in [0.2, 0.25) is 0 Å². The Hall–Kier alpha value is -0.940. The van der Waals surface area contributed by atoms with Gasteiger partial charge in [-0.15, -0.1) is 0 Å². The first-order valence-electron chi connectivity index (χ1n) is 7.72. The van der Waals surface area contributed by atoms with E-state index in [0.29, 0.717) is 6.04 Å². The highest BCUT2D eigenvalue weighted by atomic mass is 16.5. The van der Waals surface area contributed by atoms with Gasteiger partial charge in [-0.3, -0.25) is 4.90 Å². The maximum Gasteiger partial charge on any atom is 0.0615 e. The molecule has 1 unspecified atom stereocenters. The molecule has 0 saturated heterocycles. The zero-order chi connectivity index (χ0) is 15.5. The van der Waals surface area contributed by atoms with Gasteiger partial charge in [0.05, 0.1) is 13.2 Å². The Labute approximate surface area is 129 Å². The summed E-state index contributed by atoms with van der Waals surface area (Å²) in [5, 5.41) is 3.41. The molecule has 0 bridgehead atoms. The number of nitrogens with one attached hydrogen (secondary N) is 1. The van der Waals surface area contributed by atoms with Gasteiger partial charge in [-0.05, 0) is 24.6 Å². The molecule has 1 atom stereocenters. The van der Waals surface area contributed by atoms with Crippen LogP contribution in [0.25, 0.3) is 0 Å². The third kappa shape index (κ3) is 6.57. The minimum absolute atomic E-state index is 0.373. The van der Waals surface area contributed by atoms with Gasteiger partial charge in [-0.2, -0.15) is 0 Å². The van der Waals surface area contributed by atoms with E-state index in [9.17, 15) is 0 Å². The van der Waals surface area contributed by atoms with Gasteiger partial charge in [-0.1, -0.05) is 31.2 Å². The fraction of sp³-hybridized carbons (Fsp3) is 0.647. The lowest BCUT2D eigenvalue weighted by Crippen LogP contribution is -2.38. The Morgan fingerprint density at radius 1 is 1.14 bits per heavy atom. The Kier molecular flexibility index (Phi) is 9.26. The first-order chi connectivity index (χ1) is 10.2. The summed E-state index contributed by atoms with van der Waals surface area (Å²) in [5.41, 5.74) is 2.74. The van der Waals surface area contributed by atoms with E-state index >= 15 is 0 Å². The number of hydrogen-bond donors (Lipinski definition) is 1. The van der Waals surface area contributed by atoms with Crippen molar-refractivity contribution in [2.75, 3.05) is 40.5 Å². The standard InChI is InChI=1S/C17H30N2O2/c1-5-18-12-16-8-6-7-9-17(16)13-19(10-11-20-3)15(2)14-21-4/h6-9,15,18H,5,10-14H2,1-4H3. The molecule has 1 aromatic rings. The van der Waals surface area contributed by atoms with Gasteiger partial charge < -0.3 is 14.8 Å². The van der Waals surface area contributed by atoms with Crippen molar-refractivity contribution >= 4 is 0 Å². The Morgan fingerprint density at radius 2 is 1.86 bits per heavy atom. The fourth-order valence-electron chi connectivity index (χ4n) is 2.37. The normalized spacial score (nSPS) is 12.8. The molecule has 0 aliphatic rings. The van der Waals surface area contributed by atoms with Crippen molar-refractivity contribution in [1.82, 2.24) is 10.2 Å². The SMILES string of the molecule is CCNCc1ccccc1CN(CCOC)C(C)COC. The lowest BCUT2D eigenvalue weighted by Gasteiger charge is -2.29. The molecule has 0 spiro atoms. The molecule has 120 valence electrons. The average Bonchev–Trinajstić information content (AvgIpc) is 2.50. The predicted molar refractivity (Wildman–Crippen MR) is 87.4 cm³/mol. The van der Waals surface area contributed by atoms with Crippen molar-refractivity contribution in [3.8, 4) is 0 Å². The minimum atomic E-state index is 0.373. The van der Waals surface area contributed by atoms with Crippen LogP contribution in [0.15, 0.2) is 24.3 Å². The Morgan fingerprint density at radius 3 is 2.48 bits per heavy atom. The van der Waals surface area contributed by atoms with E-state index in [4.69, 9.17) is 9.47 Å². The highest BCUT2D eigenvalue weighted by molar-refractivity contribution is 5.27. The lowest BCUT2D eigenvalue weighted by molar-refractivity contribution is 0.0703. The zero-order valence-corrected chi connectivity index (χ0v) is 13.9. The summed E-state index contributed by atoms with van der Waals surface area (Å²) >= 11 is 0. The molecule has 0 saturated carbocycles. The van der Waals surface area contributed by atoms with Crippen LogP contribution < -0.4 is 5.32 Å². The molecule has 0 aliphatic heterocycles. The van der Waals surface area contributed by atoms with Gasteiger partial charge in [0.1, 0.15) is 0 Å². The second-order valence-corrected chi connectivity index (χ2v) is 5.32. The van der Waals surface area contributed by atoms with Crippen LogP contribution in [0.3, 0.4) is 0 Å². The van der Waals surface area contributed by atoms with Crippen molar-refractivity contribution < 1.29 is 9.47 Å². The number of methoxy groups -OCH3 is 2. The quantitative estimate of drug-likeness (QED) is 0.679. The van der Waals surface area contributed by atoms with Gasteiger partial charge >= 0.3 is 0 Å². The summed E-state index contributed by atoms with van der Waals surface area (Å²) in [6, 6.07) is 9.01. The van der Waals surface area contributed by atoms with Gasteiger partial charge in [0, 0.05) is 39.9 Å². The van der Waals surface area contributed by atoms with Crippen LogP contribution in [0.5, 0.6) is 0 Å². The number of ether oxygens (including phenoxy) is 2. The summed E-state index contributed by atoms with van der Waals surface area (Å²) in [7, 11) is 3.50. The van der Waals surface area contributed by atoms with Crippen LogP contribution in [-0.2, 0) is 22.6 Å². The molecule has 21 heavy (non-hydrogen) atoms. The molecule has 0 amide bonds. The molecule has 0 aliphatic carbocycles. The van der Waals surface area contributed by atoms with E-state index in [-0.39, 0.29) is 0 Å². The molecule has 0 radical (unpaired) electrons. The number of hydrogen-bond acceptors (Lipinski definition) is 4. The van der Waals surface area contributed by atoms with Crippen LogP contribution in [-0.4, -0.2) is 51.5 Å². The minimum Gasteiger partial charge on any atom is -0.383 e. The average molecular weight is 294 g/mol. The Bertz CT molecular complexity index is 385. The summed E-state index contributed by atoms with van der Waals surface area (Å²) in [5.74, 6) is 0. The van der Waals surface area contributed by atoms with Crippen molar-refractivity contribution in [3.05, 3.63) is 35.4 Å². The third-order valence-corrected chi connectivity index (χ3v) is 3.67. The molecular weight excluding hydrogens is 264 g/mol. The van der Waals surface area contributed by atoms with E-state index in [1.165, 1.54) is 11.1 Å². The second kappa shape index (κ2) is 10.7. The van der Waals surface area contributed by atoms with Crippen LogP contribution in [0.2, 0.25) is 0 Å². The van der Waals surface area contributed by atoms with Crippen molar-refractivity contribution in [2.45, 2.75) is 33.0 Å². The molecule has 1 rings (SSSR count). The third-order valence-electron chi connectivity index (χ3n) is 3.67. The van der Waals surface area contributed by atoms with E-state index < -0.39 is 0 Å². The topological polar surface area (TPSA) is 33.7 Å². The highest BCUT2D eigenvalue weighted by Gasteiger charge is 2.15. The fourth-order valence-corrected chi connectivity index (χ4v) is 2.37. The maximum atomic E-state index is 5.30. The zero-order valence-electron chi connectivity index (χ0n) is 13.9. The van der Waals surface area contributed by atoms with Gasteiger partial charge in [0.15, 0.2) is 0 Å². The maximum absolute atomic E-state index is 5.30. The summed E-state index contributed by atoms with van der Waals surface area (Å²) in [6.07, 6.45) is 0. The number of benzene rings is 1. The molecule has 0 aromatic heterocycles. The van der Waals surface area contributed by atoms with Crippen molar-refractivity contribution in [2.24, 2.45) is 0 Å². The predicted octanol–water partition coefficient (Wildman–Crippen LogP) is 2.28. The van der Waals surface area contributed by atoms with Gasteiger partial charge in [-0.25, -0.2) is 0 Å². The van der Waals surface area contributed by atoms with Crippen LogP contribution in [0, 0.1) is 0 Å². The van der Waals surface area contributed by atoms with E-state index in [2.05, 4.69) is 48.3 Å². The highest BCUT2D eigenvalue weighted by Crippen LogP contribution is 2.14. The lowest BCUT2D eigenvalue weighted by atomic mass is 10.1. The van der Waals surface area contributed by atoms with Crippen molar-refractivity contribution in [1.29, 1.82) is 0 Å². The van der Waals surface area contributed by atoms with E-state index in [1.54, 1.807) is 14.2 Å². The van der Waals surface area contributed by atoms with Crippen LogP contribution >= 0.6 is 0 Å². The van der Waals surface area contributed by atoms with Crippen LogP contribution in [0.1, 0.15) is 25.0 Å². The molecule has 0 heterocycles. The number of rotatable bonds is 11. The number of nitrogens with zero attached hydrogens (tertiary/aromatic N) is 1. The smallest absolute Gasteiger partial charge is 0.0615 e. The van der Waals surface area contributed by atoms with E-state index in [0.717, 1.165) is 39.4 Å². The van der Waals surface area contributed by atoms with Crippen LogP contribution in [0.4, 0.5) is 0 Å². The summed E-state index contributed by atoms with van der Waals surface area (Å²) in [4.78, 5) is 2.41. The first-order valence-corrected chi connectivity index (χ1v) is 7.72. The summed E-state index contributed by atoms with van der Waals surface area (Å²) < 4.78 is 10.5. The van der Waals surface area contributed by atoms with E-state index in [1.807, 2.05) is 0 Å². The second-order valence-electron chi connectivity index (χ2n) is 5.32. The summed E-state index contributed by atoms with van der Waals surface area (Å²) in [6.45, 7) is 9.56. The van der Waals surface area contributed by atoms with Gasteiger partial charge in [0.25, 0.3) is 0 Å². The molecule has 4 nitrogen and oxygen atoms in total. The molecular formula is C17H30N2O2. The monoisotopic (exact) mass is 294 g/mol. The van der Waals surface area contributed by atoms with Crippen molar-refractivity contribution in [3.63, 3.8) is 0 Å². The largest absolute Gasteiger partial charge is 0.383 e.